The summed E-state index contributed by atoms with van der Waals surface area (Å²) >= 11 is 3.51. The Bertz CT molecular complexity index is 391. The van der Waals surface area contributed by atoms with Gasteiger partial charge < -0.3 is 15.2 Å². The van der Waals surface area contributed by atoms with Gasteiger partial charge in [0.05, 0.1) is 11.6 Å². The minimum atomic E-state index is -0.0359. The molecule has 0 atom stereocenters. The van der Waals surface area contributed by atoms with Crippen LogP contribution in [0, 0.1) is 0 Å². The van der Waals surface area contributed by atoms with E-state index in [4.69, 9.17) is 15.2 Å². The molecule has 1 fully saturated rings. The van der Waals surface area contributed by atoms with Crippen molar-refractivity contribution < 1.29 is 9.47 Å². The van der Waals surface area contributed by atoms with E-state index >= 15 is 0 Å². The summed E-state index contributed by atoms with van der Waals surface area (Å²) in [5.74, 6) is 1.70. The molecule has 94 valence electrons. The molecule has 1 saturated carbocycles. The Morgan fingerprint density at radius 2 is 2.18 bits per heavy atom. The van der Waals surface area contributed by atoms with Crippen molar-refractivity contribution >= 4 is 15.9 Å². The molecule has 0 bridgehead atoms. The minimum absolute atomic E-state index is 0.0359. The quantitative estimate of drug-likeness (QED) is 0.908. The van der Waals surface area contributed by atoms with E-state index in [0.29, 0.717) is 6.54 Å². The Balaban J connectivity index is 2.12. The van der Waals surface area contributed by atoms with E-state index in [2.05, 4.69) is 15.9 Å². The van der Waals surface area contributed by atoms with Gasteiger partial charge in [0.1, 0.15) is 17.1 Å². The first-order valence-electron chi connectivity index (χ1n) is 5.92. The van der Waals surface area contributed by atoms with Gasteiger partial charge >= 0.3 is 0 Å². The lowest BCUT2D eigenvalue weighted by molar-refractivity contribution is -0.0131. The van der Waals surface area contributed by atoms with Crippen LogP contribution in [0.3, 0.4) is 0 Å². The minimum Gasteiger partial charge on any atom is -0.497 e. The van der Waals surface area contributed by atoms with Crippen molar-refractivity contribution in [1.29, 1.82) is 0 Å². The number of methoxy groups -OCH3 is 1. The van der Waals surface area contributed by atoms with E-state index in [9.17, 15) is 0 Å². The van der Waals surface area contributed by atoms with Crippen LogP contribution in [0.5, 0.6) is 11.5 Å². The van der Waals surface area contributed by atoms with Crippen molar-refractivity contribution in [3.8, 4) is 11.5 Å². The van der Waals surface area contributed by atoms with E-state index in [0.717, 1.165) is 35.2 Å². The number of rotatable bonds is 5. The summed E-state index contributed by atoms with van der Waals surface area (Å²) in [7, 11) is 1.66. The standard InChI is InChI=1S/C13H18BrNO2/c1-16-10-3-4-12(11(14)9-10)17-13(7-8-15)5-2-6-13/h3-4,9H,2,5-8,15H2,1H3. The summed E-state index contributed by atoms with van der Waals surface area (Å²) in [5, 5.41) is 0. The van der Waals surface area contributed by atoms with Gasteiger partial charge in [-0.3, -0.25) is 0 Å². The second-order valence-corrected chi connectivity index (χ2v) is 5.33. The monoisotopic (exact) mass is 299 g/mol. The maximum Gasteiger partial charge on any atom is 0.134 e. The first-order chi connectivity index (χ1) is 8.19. The Hall–Kier alpha value is -0.740. The lowest BCUT2D eigenvalue weighted by Gasteiger charge is -2.42. The van der Waals surface area contributed by atoms with Gasteiger partial charge in [-0.2, -0.15) is 0 Å². The molecule has 1 aliphatic carbocycles. The third-order valence-electron chi connectivity index (χ3n) is 3.33. The SMILES string of the molecule is COc1ccc(OC2(CCN)CCC2)c(Br)c1. The zero-order chi connectivity index (χ0) is 12.3. The zero-order valence-electron chi connectivity index (χ0n) is 10.0. The summed E-state index contributed by atoms with van der Waals surface area (Å²) in [5.41, 5.74) is 5.61. The topological polar surface area (TPSA) is 44.5 Å². The highest BCUT2D eigenvalue weighted by molar-refractivity contribution is 9.10. The van der Waals surface area contributed by atoms with Gasteiger partial charge in [0.2, 0.25) is 0 Å². The van der Waals surface area contributed by atoms with Crippen molar-refractivity contribution in [2.45, 2.75) is 31.3 Å². The summed E-state index contributed by atoms with van der Waals surface area (Å²) in [4.78, 5) is 0. The van der Waals surface area contributed by atoms with Crippen LogP contribution in [0.1, 0.15) is 25.7 Å². The Labute approximate surface area is 110 Å². The van der Waals surface area contributed by atoms with E-state index in [1.807, 2.05) is 18.2 Å². The molecule has 2 N–H and O–H groups in total. The Morgan fingerprint density at radius 3 is 2.65 bits per heavy atom. The largest absolute Gasteiger partial charge is 0.497 e. The molecule has 1 aliphatic rings. The number of benzene rings is 1. The van der Waals surface area contributed by atoms with Crippen LogP contribution in [-0.4, -0.2) is 19.3 Å². The second-order valence-electron chi connectivity index (χ2n) is 4.47. The van der Waals surface area contributed by atoms with E-state index in [-0.39, 0.29) is 5.60 Å². The van der Waals surface area contributed by atoms with E-state index in [1.54, 1.807) is 7.11 Å². The third-order valence-corrected chi connectivity index (χ3v) is 3.95. The Morgan fingerprint density at radius 1 is 1.41 bits per heavy atom. The third kappa shape index (κ3) is 2.75. The molecule has 2 rings (SSSR count). The molecule has 0 unspecified atom stereocenters. The number of ether oxygens (including phenoxy) is 2. The normalized spacial score (nSPS) is 17.4. The fourth-order valence-corrected chi connectivity index (χ4v) is 2.60. The highest BCUT2D eigenvalue weighted by Gasteiger charge is 2.38. The molecule has 1 aromatic rings. The average molecular weight is 300 g/mol. The number of hydrogen-bond donors (Lipinski definition) is 1. The molecule has 3 nitrogen and oxygen atoms in total. The maximum atomic E-state index is 6.13. The fraction of sp³-hybridized carbons (Fsp3) is 0.538. The predicted octanol–water partition coefficient (Wildman–Crippen LogP) is 3.11. The molecule has 0 saturated heterocycles. The van der Waals surface area contributed by atoms with Crippen LogP contribution >= 0.6 is 15.9 Å². The number of nitrogens with two attached hydrogens (primary N) is 1. The highest BCUT2D eigenvalue weighted by atomic mass is 79.9. The van der Waals surface area contributed by atoms with Crippen LogP contribution in [0.2, 0.25) is 0 Å². The van der Waals surface area contributed by atoms with Crippen LogP contribution in [0.25, 0.3) is 0 Å². The van der Waals surface area contributed by atoms with Gasteiger partial charge in [-0.15, -0.1) is 0 Å². The number of halogens is 1. The van der Waals surface area contributed by atoms with Crippen molar-refractivity contribution in [2.75, 3.05) is 13.7 Å². The highest BCUT2D eigenvalue weighted by Crippen LogP contribution is 2.41. The Kier molecular flexibility index (Phi) is 3.94. The molecular formula is C13H18BrNO2. The van der Waals surface area contributed by atoms with Crippen LogP contribution in [0.15, 0.2) is 22.7 Å². The molecular weight excluding hydrogens is 282 g/mol. The van der Waals surface area contributed by atoms with Gasteiger partial charge in [0.25, 0.3) is 0 Å². The van der Waals surface area contributed by atoms with Crippen molar-refractivity contribution in [1.82, 2.24) is 0 Å². The maximum absolute atomic E-state index is 6.13. The van der Waals surface area contributed by atoms with E-state index < -0.39 is 0 Å². The molecule has 0 radical (unpaired) electrons. The molecule has 0 aliphatic heterocycles. The lowest BCUT2D eigenvalue weighted by atomic mass is 9.77. The fourth-order valence-electron chi connectivity index (χ4n) is 2.16. The van der Waals surface area contributed by atoms with Gasteiger partial charge in [-0.25, -0.2) is 0 Å². The van der Waals surface area contributed by atoms with Crippen molar-refractivity contribution in [2.24, 2.45) is 5.73 Å². The molecule has 0 heterocycles. The first kappa shape index (κ1) is 12.7. The summed E-state index contributed by atoms with van der Waals surface area (Å²) in [6.45, 7) is 0.674. The summed E-state index contributed by atoms with van der Waals surface area (Å²) in [6.07, 6.45) is 4.35. The molecule has 17 heavy (non-hydrogen) atoms. The van der Waals surface area contributed by atoms with Gasteiger partial charge in [-0.05, 0) is 66.4 Å². The van der Waals surface area contributed by atoms with Gasteiger partial charge in [-0.1, -0.05) is 0 Å². The molecule has 0 spiro atoms. The lowest BCUT2D eigenvalue weighted by Crippen LogP contribution is -2.44. The van der Waals surface area contributed by atoms with Crippen LogP contribution in [0.4, 0.5) is 0 Å². The summed E-state index contributed by atoms with van der Waals surface area (Å²) < 4.78 is 12.2. The van der Waals surface area contributed by atoms with Crippen molar-refractivity contribution in [3.05, 3.63) is 22.7 Å². The molecule has 0 amide bonds. The van der Waals surface area contributed by atoms with Gasteiger partial charge in [0, 0.05) is 0 Å². The molecule has 0 aromatic heterocycles. The average Bonchev–Trinajstić information content (AvgIpc) is 2.28. The first-order valence-corrected chi connectivity index (χ1v) is 6.71. The zero-order valence-corrected chi connectivity index (χ0v) is 11.6. The van der Waals surface area contributed by atoms with Crippen molar-refractivity contribution in [3.63, 3.8) is 0 Å². The second kappa shape index (κ2) is 5.27. The molecule has 4 heteroatoms. The van der Waals surface area contributed by atoms with E-state index in [1.165, 1.54) is 6.42 Å². The molecule has 1 aromatic carbocycles. The van der Waals surface area contributed by atoms with Crippen LogP contribution in [-0.2, 0) is 0 Å². The smallest absolute Gasteiger partial charge is 0.134 e. The van der Waals surface area contributed by atoms with Crippen LogP contribution < -0.4 is 15.2 Å². The predicted molar refractivity (Wildman–Crippen MR) is 71.6 cm³/mol. The van der Waals surface area contributed by atoms with Gasteiger partial charge in [0.15, 0.2) is 0 Å². The number of hydrogen-bond acceptors (Lipinski definition) is 3. The summed E-state index contributed by atoms with van der Waals surface area (Å²) in [6, 6.07) is 5.78.